The molecule has 0 heterocycles. The second kappa shape index (κ2) is 6.76. The van der Waals surface area contributed by atoms with Gasteiger partial charge in [0, 0.05) is 10.6 Å². The van der Waals surface area contributed by atoms with Gasteiger partial charge in [0.1, 0.15) is 5.75 Å². The third kappa shape index (κ3) is 4.50. The van der Waals surface area contributed by atoms with Gasteiger partial charge in [-0.25, -0.2) is 0 Å². The first-order valence-corrected chi connectivity index (χ1v) is 6.55. The molecule has 0 unspecified atom stereocenters. The molecule has 0 saturated heterocycles. The average molecular weight is 305 g/mol. The second-order valence-electron chi connectivity index (χ2n) is 4.36. The lowest BCUT2D eigenvalue weighted by Crippen LogP contribution is -2.42. The van der Waals surface area contributed by atoms with E-state index >= 15 is 0 Å². The molecule has 2 aromatic rings. The Kier molecular flexibility index (Phi) is 4.79. The van der Waals surface area contributed by atoms with Crippen molar-refractivity contribution in [1.82, 2.24) is 10.9 Å². The van der Waals surface area contributed by atoms with Crippen molar-refractivity contribution in [1.29, 1.82) is 0 Å². The highest BCUT2D eigenvalue weighted by molar-refractivity contribution is 6.30. The average Bonchev–Trinajstić information content (AvgIpc) is 2.45. The van der Waals surface area contributed by atoms with Crippen LogP contribution in [-0.4, -0.2) is 16.9 Å². The van der Waals surface area contributed by atoms with Crippen molar-refractivity contribution in [2.75, 3.05) is 0 Å². The van der Waals surface area contributed by atoms with Gasteiger partial charge in [0.2, 0.25) is 5.91 Å². The summed E-state index contributed by atoms with van der Waals surface area (Å²) in [5, 5.41) is 9.83. The SMILES string of the molecule is O=C(Cc1cccc(O)c1)NNC(=O)c1ccc(Cl)cc1. The fourth-order valence-electron chi connectivity index (χ4n) is 1.70. The van der Waals surface area contributed by atoms with Crippen molar-refractivity contribution in [3.05, 3.63) is 64.7 Å². The van der Waals surface area contributed by atoms with E-state index in [9.17, 15) is 14.7 Å². The standard InChI is InChI=1S/C15H13ClN2O3/c16-12-6-4-11(5-7-12)15(21)18-17-14(20)9-10-2-1-3-13(19)8-10/h1-8,19H,9H2,(H,17,20)(H,18,21). The Labute approximate surface area is 126 Å². The van der Waals surface area contributed by atoms with Gasteiger partial charge >= 0.3 is 0 Å². The van der Waals surface area contributed by atoms with Crippen molar-refractivity contribution in [3.8, 4) is 5.75 Å². The highest BCUT2D eigenvalue weighted by Crippen LogP contribution is 2.11. The summed E-state index contributed by atoms with van der Waals surface area (Å²) in [6.45, 7) is 0. The quantitative estimate of drug-likeness (QED) is 0.759. The molecule has 0 saturated carbocycles. The molecule has 2 aromatic carbocycles. The largest absolute Gasteiger partial charge is 0.508 e. The minimum absolute atomic E-state index is 0.0509. The lowest BCUT2D eigenvalue weighted by molar-refractivity contribution is -0.121. The monoisotopic (exact) mass is 304 g/mol. The van der Waals surface area contributed by atoms with E-state index in [1.54, 1.807) is 36.4 Å². The molecule has 0 atom stereocenters. The van der Waals surface area contributed by atoms with Crippen LogP contribution >= 0.6 is 11.6 Å². The van der Waals surface area contributed by atoms with Gasteiger partial charge in [-0.05, 0) is 42.0 Å². The summed E-state index contributed by atoms with van der Waals surface area (Å²) in [4.78, 5) is 23.4. The zero-order valence-electron chi connectivity index (χ0n) is 11.0. The summed E-state index contributed by atoms with van der Waals surface area (Å²) >= 11 is 5.73. The zero-order chi connectivity index (χ0) is 15.2. The van der Waals surface area contributed by atoms with Gasteiger partial charge in [-0.1, -0.05) is 23.7 Å². The van der Waals surface area contributed by atoms with E-state index in [1.807, 2.05) is 0 Å². The molecule has 0 fully saturated rings. The molecule has 2 rings (SSSR count). The maximum Gasteiger partial charge on any atom is 0.269 e. The Morgan fingerprint density at radius 1 is 1.05 bits per heavy atom. The fraction of sp³-hybridized carbons (Fsp3) is 0.0667. The van der Waals surface area contributed by atoms with Gasteiger partial charge in [-0.2, -0.15) is 0 Å². The number of rotatable bonds is 3. The first kappa shape index (κ1) is 14.9. The molecule has 5 nitrogen and oxygen atoms in total. The lowest BCUT2D eigenvalue weighted by Gasteiger charge is -2.07. The zero-order valence-corrected chi connectivity index (χ0v) is 11.7. The van der Waals surface area contributed by atoms with E-state index in [4.69, 9.17) is 11.6 Å². The predicted octanol–water partition coefficient (Wildman–Crippen LogP) is 2.05. The minimum Gasteiger partial charge on any atom is -0.508 e. The maximum absolute atomic E-state index is 11.8. The highest BCUT2D eigenvalue weighted by Gasteiger charge is 2.08. The first-order chi connectivity index (χ1) is 10.0. The number of amides is 2. The smallest absolute Gasteiger partial charge is 0.269 e. The van der Waals surface area contributed by atoms with Crippen LogP contribution in [0.25, 0.3) is 0 Å². The molecule has 108 valence electrons. The van der Waals surface area contributed by atoms with Gasteiger partial charge in [0.15, 0.2) is 0 Å². The Morgan fingerprint density at radius 2 is 1.76 bits per heavy atom. The number of nitrogens with one attached hydrogen (secondary N) is 2. The molecule has 0 aromatic heterocycles. The number of aromatic hydroxyl groups is 1. The summed E-state index contributed by atoms with van der Waals surface area (Å²) in [6.07, 6.45) is 0.0509. The maximum atomic E-state index is 11.8. The van der Waals surface area contributed by atoms with E-state index < -0.39 is 5.91 Å². The van der Waals surface area contributed by atoms with Gasteiger partial charge in [-0.3, -0.25) is 20.4 Å². The van der Waals surface area contributed by atoms with Crippen LogP contribution < -0.4 is 10.9 Å². The number of carbonyl (C=O) groups excluding carboxylic acids is 2. The van der Waals surface area contributed by atoms with Crippen LogP contribution in [0.5, 0.6) is 5.75 Å². The fourth-order valence-corrected chi connectivity index (χ4v) is 1.82. The summed E-state index contributed by atoms with van der Waals surface area (Å²) in [6, 6.07) is 12.6. The van der Waals surface area contributed by atoms with Crippen molar-refractivity contribution in [2.24, 2.45) is 0 Å². The molecular weight excluding hydrogens is 292 g/mol. The van der Waals surface area contributed by atoms with E-state index in [2.05, 4.69) is 10.9 Å². The number of hydrogen-bond acceptors (Lipinski definition) is 3. The van der Waals surface area contributed by atoms with E-state index in [1.165, 1.54) is 12.1 Å². The molecule has 0 aliphatic carbocycles. The van der Waals surface area contributed by atoms with Crippen molar-refractivity contribution in [3.63, 3.8) is 0 Å². The number of phenolic OH excluding ortho intramolecular Hbond substituents is 1. The molecule has 3 N–H and O–H groups in total. The number of phenols is 1. The summed E-state index contributed by atoms with van der Waals surface area (Å²) < 4.78 is 0. The van der Waals surface area contributed by atoms with Gasteiger partial charge in [-0.15, -0.1) is 0 Å². The summed E-state index contributed by atoms with van der Waals surface area (Å²) in [5.41, 5.74) is 5.65. The Morgan fingerprint density at radius 3 is 2.43 bits per heavy atom. The Bertz CT molecular complexity index is 656. The van der Waals surface area contributed by atoms with Gasteiger partial charge in [0.25, 0.3) is 5.91 Å². The molecule has 0 bridgehead atoms. The molecule has 0 spiro atoms. The van der Waals surface area contributed by atoms with E-state index in [0.29, 0.717) is 16.1 Å². The molecule has 21 heavy (non-hydrogen) atoms. The topological polar surface area (TPSA) is 78.4 Å². The van der Waals surface area contributed by atoms with Crippen LogP contribution in [0.1, 0.15) is 15.9 Å². The lowest BCUT2D eigenvalue weighted by atomic mass is 10.1. The Balaban J connectivity index is 1.86. The third-order valence-corrected chi connectivity index (χ3v) is 2.95. The number of hydrazine groups is 1. The van der Waals surface area contributed by atoms with Gasteiger partial charge in [0.05, 0.1) is 6.42 Å². The van der Waals surface area contributed by atoms with Crippen LogP contribution in [-0.2, 0) is 11.2 Å². The third-order valence-electron chi connectivity index (χ3n) is 2.70. The molecule has 0 aliphatic rings. The normalized spacial score (nSPS) is 9.95. The number of halogens is 1. The Hall–Kier alpha value is -2.53. The summed E-state index contributed by atoms with van der Waals surface area (Å²) in [7, 11) is 0. The molecular formula is C15H13ClN2O3. The number of benzene rings is 2. The minimum atomic E-state index is -0.434. The van der Waals surface area contributed by atoms with Crippen molar-refractivity contribution < 1.29 is 14.7 Å². The van der Waals surface area contributed by atoms with Gasteiger partial charge < -0.3 is 5.11 Å². The first-order valence-electron chi connectivity index (χ1n) is 6.17. The van der Waals surface area contributed by atoms with E-state index in [0.717, 1.165) is 0 Å². The summed E-state index contributed by atoms with van der Waals surface area (Å²) in [5.74, 6) is -0.732. The van der Waals surface area contributed by atoms with Crippen LogP contribution in [0.3, 0.4) is 0 Å². The molecule has 0 aliphatic heterocycles. The van der Waals surface area contributed by atoms with Crippen molar-refractivity contribution >= 4 is 23.4 Å². The van der Waals surface area contributed by atoms with E-state index in [-0.39, 0.29) is 18.1 Å². The van der Waals surface area contributed by atoms with Crippen LogP contribution in [0.15, 0.2) is 48.5 Å². The highest BCUT2D eigenvalue weighted by atomic mass is 35.5. The van der Waals surface area contributed by atoms with Crippen LogP contribution in [0.2, 0.25) is 5.02 Å². The number of carbonyl (C=O) groups is 2. The molecule has 0 radical (unpaired) electrons. The molecule has 6 heteroatoms. The molecule has 2 amide bonds. The van der Waals surface area contributed by atoms with Crippen LogP contribution in [0, 0.1) is 0 Å². The predicted molar refractivity (Wildman–Crippen MR) is 78.9 cm³/mol. The van der Waals surface area contributed by atoms with Crippen molar-refractivity contribution in [2.45, 2.75) is 6.42 Å². The van der Waals surface area contributed by atoms with Crippen LogP contribution in [0.4, 0.5) is 0 Å². The second-order valence-corrected chi connectivity index (χ2v) is 4.79. The number of hydrogen-bond donors (Lipinski definition) is 3.